The second-order valence-corrected chi connectivity index (χ2v) is 16.0. The topological polar surface area (TPSA) is 188 Å². The lowest BCUT2D eigenvalue weighted by molar-refractivity contribution is -0.104. The molecule has 3 rings (SSSR count). The van der Waals surface area contributed by atoms with E-state index in [-0.39, 0.29) is 36.0 Å². The van der Waals surface area contributed by atoms with Gasteiger partial charge >= 0.3 is 22.3 Å². The number of aryl methyl sites for hydroxylation is 1. The third-order valence-corrected chi connectivity index (χ3v) is 9.11. The summed E-state index contributed by atoms with van der Waals surface area (Å²) in [6, 6.07) is 17.0. The summed E-state index contributed by atoms with van der Waals surface area (Å²) in [5, 5.41) is 10.8. The van der Waals surface area contributed by atoms with Crippen LogP contribution in [0.1, 0.15) is 53.5 Å². The smallest absolute Gasteiger partial charge is 0.442 e. The summed E-state index contributed by atoms with van der Waals surface area (Å²) in [4.78, 5) is 29.3. The number of hydroxylamine groups is 2. The van der Waals surface area contributed by atoms with Crippen molar-refractivity contribution in [2.45, 2.75) is 80.8 Å². The normalized spacial score (nSPS) is 12.1. The first-order chi connectivity index (χ1) is 22.7. The summed E-state index contributed by atoms with van der Waals surface area (Å²) in [5.41, 5.74) is -1.19. The number of ether oxygens (including phenoxy) is 3. The maximum Gasteiger partial charge on any atom is 0.442 e. The number of amides is 2. The van der Waals surface area contributed by atoms with E-state index in [1.807, 2.05) is 0 Å². The highest BCUT2D eigenvalue weighted by atomic mass is 32.2. The molecule has 0 aliphatic heterocycles. The molecule has 3 aromatic rings. The first kappa shape index (κ1) is 38.8. The van der Waals surface area contributed by atoms with E-state index in [4.69, 9.17) is 28.6 Å². The van der Waals surface area contributed by atoms with Gasteiger partial charge in [-0.1, -0.05) is 30.3 Å². The van der Waals surface area contributed by atoms with Crippen molar-refractivity contribution < 1.29 is 49.7 Å². The van der Waals surface area contributed by atoms with Crippen LogP contribution in [0.3, 0.4) is 0 Å². The van der Waals surface area contributed by atoms with E-state index in [1.165, 1.54) is 54.6 Å². The standard InChI is InChI=1S/C33H41N3O11S2/c1-23-20-24(43-18-13-19-44-36(31(38)46-33(5,6)7)29(34)35-30(37)45-32(2,3)4)22-25(21-23)47-49(41,42)28-17-12-11-16-27(28)48(39,40)26-14-9-8-10-15-26/h8-12,14-17,20-22H,13,18-19H2,1-7H3,(H2,34,35,37). The molecule has 0 aliphatic rings. The SMILES string of the molecule is Cc1cc(OCCCON(C(=N)NC(=O)OC(C)(C)C)C(=O)OC(C)(C)C)cc(OS(=O)(=O)c2ccccc2S(=O)(=O)c2ccccc2)c1. The Morgan fingerprint density at radius 3 is 1.96 bits per heavy atom. The van der Waals surface area contributed by atoms with Gasteiger partial charge in [-0.15, -0.1) is 5.06 Å². The zero-order chi connectivity index (χ0) is 36.6. The minimum atomic E-state index is -4.62. The molecule has 14 nitrogen and oxygen atoms in total. The molecule has 0 atom stereocenters. The number of alkyl carbamates (subject to hydrolysis) is 1. The number of guanidine groups is 1. The zero-order valence-corrected chi connectivity index (χ0v) is 29.9. The largest absolute Gasteiger partial charge is 0.493 e. The van der Waals surface area contributed by atoms with Crippen LogP contribution in [-0.2, 0) is 34.3 Å². The molecule has 2 amide bonds. The molecule has 2 N–H and O–H groups in total. The van der Waals surface area contributed by atoms with Crippen molar-refractivity contribution >= 4 is 38.1 Å². The van der Waals surface area contributed by atoms with Gasteiger partial charge in [-0.2, -0.15) is 8.42 Å². The molecule has 266 valence electrons. The third kappa shape index (κ3) is 11.8. The molecule has 0 heterocycles. The molecule has 49 heavy (non-hydrogen) atoms. The highest BCUT2D eigenvalue weighted by molar-refractivity contribution is 7.93. The van der Waals surface area contributed by atoms with Crippen molar-refractivity contribution in [1.29, 1.82) is 5.41 Å². The Balaban J connectivity index is 1.68. The van der Waals surface area contributed by atoms with Crippen molar-refractivity contribution in [2.24, 2.45) is 0 Å². The Kier molecular flexibility index (Phi) is 12.4. The minimum absolute atomic E-state index is 0.0166. The van der Waals surface area contributed by atoms with Crippen LogP contribution in [0.25, 0.3) is 0 Å². The Morgan fingerprint density at radius 1 is 0.776 bits per heavy atom. The third-order valence-electron chi connectivity index (χ3n) is 5.85. The molecular weight excluding hydrogens is 679 g/mol. The van der Waals surface area contributed by atoms with Gasteiger partial charge in [0, 0.05) is 12.5 Å². The molecule has 16 heteroatoms. The monoisotopic (exact) mass is 719 g/mol. The average Bonchev–Trinajstić information content (AvgIpc) is 2.97. The molecule has 0 saturated carbocycles. The van der Waals surface area contributed by atoms with E-state index in [9.17, 15) is 26.4 Å². The Labute approximate surface area is 286 Å². The summed E-state index contributed by atoms with van der Waals surface area (Å²) < 4.78 is 74.9. The Morgan fingerprint density at radius 2 is 1.35 bits per heavy atom. The first-order valence-electron chi connectivity index (χ1n) is 15.0. The van der Waals surface area contributed by atoms with Gasteiger partial charge in [0.05, 0.1) is 23.0 Å². The minimum Gasteiger partial charge on any atom is -0.493 e. The molecule has 0 fully saturated rings. The van der Waals surface area contributed by atoms with Gasteiger partial charge in [0.2, 0.25) is 15.8 Å². The highest BCUT2D eigenvalue weighted by Gasteiger charge is 2.30. The van der Waals surface area contributed by atoms with E-state index in [0.29, 0.717) is 10.6 Å². The number of carbonyl (C=O) groups is 2. The van der Waals surface area contributed by atoms with Gasteiger partial charge in [-0.25, -0.2) is 18.0 Å². The Bertz CT molecular complexity index is 1870. The summed E-state index contributed by atoms with van der Waals surface area (Å²) in [6.45, 7) is 11.3. The lowest BCUT2D eigenvalue weighted by atomic mass is 10.2. The number of carbonyl (C=O) groups excluding carboxylic acids is 2. The number of hydrogen-bond donors (Lipinski definition) is 2. The number of hydrogen-bond acceptors (Lipinski definition) is 12. The van der Waals surface area contributed by atoms with Crippen molar-refractivity contribution in [3.05, 3.63) is 78.4 Å². The van der Waals surface area contributed by atoms with Crippen LogP contribution < -0.4 is 14.2 Å². The molecule has 0 radical (unpaired) electrons. The molecular formula is C33H41N3O11S2. The fraction of sp³-hybridized carbons (Fsp3) is 0.364. The van der Waals surface area contributed by atoms with Gasteiger partial charge in [-0.05, 0) is 90.4 Å². The molecule has 3 aromatic carbocycles. The predicted octanol–water partition coefficient (Wildman–Crippen LogP) is 5.99. The number of nitrogens with one attached hydrogen (secondary N) is 2. The number of benzene rings is 3. The maximum atomic E-state index is 13.4. The first-order valence-corrected chi connectivity index (χ1v) is 17.9. The quantitative estimate of drug-likeness (QED) is 0.0779. The summed E-state index contributed by atoms with van der Waals surface area (Å²) in [7, 11) is -8.81. The van der Waals surface area contributed by atoms with Crippen LogP contribution in [-0.4, -0.2) is 64.5 Å². The van der Waals surface area contributed by atoms with E-state index in [1.54, 1.807) is 60.6 Å². The van der Waals surface area contributed by atoms with Crippen LogP contribution in [0.5, 0.6) is 11.5 Å². The second kappa shape index (κ2) is 15.7. The fourth-order valence-electron chi connectivity index (χ4n) is 3.99. The summed E-state index contributed by atoms with van der Waals surface area (Å²) in [5.74, 6) is -0.612. The number of sulfone groups is 1. The zero-order valence-electron chi connectivity index (χ0n) is 28.3. The van der Waals surface area contributed by atoms with Gasteiger partial charge in [0.1, 0.15) is 27.6 Å². The molecule has 0 bridgehead atoms. The summed E-state index contributed by atoms with van der Waals surface area (Å²) in [6.07, 6.45) is -1.85. The lowest BCUT2D eigenvalue weighted by Crippen LogP contribution is -2.49. The number of rotatable bonds is 11. The van der Waals surface area contributed by atoms with Crippen LogP contribution >= 0.6 is 0 Å². The molecule has 0 aromatic heterocycles. The van der Waals surface area contributed by atoms with Crippen LogP contribution in [0, 0.1) is 12.3 Å². The van der Waals surface area contributed by atoms with Crippen molar-refractivity contribution in [2.75, 3.05) is 13.2 Å². The number of nitrogens with zero attached hydrogens (tertiary/aromatic N) is 1. The maximum absolute atomic E-state index is 13.4. The van der Waals surface area contributed by atoms with Crippen LogP contribution in [0.2, 0.25) is 0 Å². The van der Waals surface area contributed by atoms with Gasteiger partial charge in [0.25, 0.3) is 0 Å². The molecule has 0 aliphatic carbocycles. The van der Waals surface area contributed by atoms with Gasteiger partial charge < -0.3 is 18.4 Å². The predicted molar refractivity (Wildman–Crippen MR) is 179 cm³/mol. The van der Waals surface area contributed by atoms with Crippen molar-refractivity contribution in [3.63, 3.8) is 0 Å². The average molecular weight is 720 g/mol. The highest BCUT2D eigenvalue weighted by Crippen LogP contribution is 2.31. The lowest BCUT2D eigenvalue weighted by Gasteiger charge is -2.27. The second-order valence-electron chi connectivity index (χ2n) is 12.6. The van der Waals surface area contributed by atoms with Crippen LogP contribution in [0.15, 0.2) is 87.5 Å². The fourth-order valence-corrected chi connectivity index (χ4v) is 6.98. The van der Waals surface area contributed by atoms with Gasteiger partial charge in [-0.3, -0.25) is 15.6 Å². The van der Waals surface area contributed by atoms with E-state index in [0.717, 1.165) is 6.07 Å². The van der Waals surface area contributed by atoms with Crippen molar-refractivity contribution in [1.82, 2.24) is 10.4 Å². The molecule has 0 saturated heterocycles. The van der Waals surface area contributed by atoms with E-state index in [2.05, 4.69) is 5.32 Å². The van der Waals surface area contributed by atoms with E-state index >= 15 is 0 Å². The van der Waals surface area contributed by atoms with E-state index < -0.39 is 59.1 Å². The van der Waals surface area contributed by atoms with Gasteiger partial charge in [0.15, 0.2) is 0 Å². The van der Waals surface area contributed by atoms with Crippen molar-refractivity contribution in [3.8, 4) is 11.5 Å². The molecule has 0 spiro atoms. The van der Waals surface area contributed by atoms with Crippen LogP contribution in [0.4, 0.5) is 9.59 Å². The Hall–Kier alpha value is -4.67. The molecule has 0 unspecified atom stereocenters. The summed E-state index contributed by atoms with van der Waals surface area (Å²) >= 11 is 0.